The summed E-state index contributed by atoms with van der Waals surface area (Å²) in [5.41, 5.74) is 1.75. The zero-order chi connectivity index (χ0) is 11.7. The summed E-state index contributed by atoms with van der Waals surface area (Å²) < 4.78 is 0.795. The SMILES string of the molecule is [O-][n+]1cccc(-c2cnc([C@@H]3CCCN3)[nH]2)c1. The Kier molecular flexibility index (Phi) is 2.53. The minimum Gasteiger partial charge on any atom is -0.619 e. The van der Waals surface area contributed by atoms with Crippen molar-refractivity contribution in [2.24, 2.45) is 0 Å². The highest BCUT2D eigenvalue weighted by Crippen LogP contribution is 2.23. The van der Waals surface area contributed by atoms with Crippen molar-refractivity contribution in [3.05, 3.63) is 41.8 Å². The third kappa shape index (κ3) is 2.01. The van der Waals surface area contributed by atoms with Gasteiger partial charge < -0.3 is 15.5 Å². The van der Waals surface area contributed by atoms with E-state index in [9.17, 15) is 5.21 Å². The monoisotopic (exact) mass is 230 g/mol. The summed E-state index contributed by atoms with van der Waals surface area (Å²) in [6.07, 6.45) is 7.10. The number of aromatic amines is 1. The van der Waals surface area contributed by atoms with Crippen LogP contribution < -0.4 is 10.0 Å². The lowest BCUT2D eigenvalue weighted by atomic mass is 10.2. The molecule has 1 saturated heterocycles. The molecule has 0 aliphatic carbocycles. The molecule has 1 atom stereocenters. The summed E-state index contributed by atoms with van der Waals surface area (Å²) in [5, 5.41) is 14.6. The van der Waals surface area contributed by atoms with E-state index in [0.29, 0.717) is 6.04 Å². The molecule has 1 fully saturated rings. The van der Waals surface area contributed by atoms with Crippen LogP contribution in [0.1, 0.15) is 24.7 Å². The van der Waals surface area contributed by atoms with E-state index >= 15 is 0 Å². The van der Waals surface area contributed by atoms with Gasteiger partial charge in [0, 0.05) is 6.07 Å². The van der Waals surface area contributed by atoms with Crippen molar-refractivity contribution < 1.29 is 4.73 Å². The van der Waals surface area contributed by atoms with Crippen LogP contribution in [-0.4, -0.2) is 16.5 Å². The topological polar surface area (TPSA) is 67.7 Å². The van der Waals surface area contributed by atoms with E-state index < -0.39 is 0 Å². The first-order valence-electron chi connectivity index (χ1n) is 5.80. The van der Waals surface area contributed by atoms with Crippen LogP contribution in [0.3, 0.4) is 0 Å². The molecule has 0 radical (unpaired) electrons. The highest BCUT2D eigenvalue weighted by Gasteiger charge is 2.19. The van der Waals surface area contributed by atoms with Crippen molar-refractivity contribution in [2.45, 2.75) is 18.9 Å². The molecule has 0 saturated carbocycles. The van der Waals surface area contributed by atoms with Gasteiger partial charge in [-0.15, -0.1) is 0 Å². The van der Waals surface area contributed by atoms with Crippen molar-refractivity contribution in [3.8, 4) is 11.3 Å². The Labute approximate surface area is 99.1 Å². The van der Waals surface area contributed by atoms with Gasteiger partial charge in [0.05, 0.1) is 23.5 Å². The van der Waals surface area contributed by atoms with Crippen LogP contribution in [-0.2, 0) is 0 Å². The third-order valence-corrected chi connectivity index (χ3v) is 3.07. The van der Waals surface area contributed by atoms with E-state index in [2.05, 4.69) is 15.3 Å². The standard InChI is InChI=1S/C12H14N4O/c17-16-6-2-3-9(8-16)11-7-14-12(15-11)10-4-1-5-13-10/h2-3,6-8,10,13H,1,4-5H2,(H,14,15)/t10-/m0/s1. The smallest absolute Gasteiger partial charge is 0.189 e. The molecule has 0 amide bonds. The van der Waals surface area contributed by atoms with Crippen molar-refractivity contribution >= 4 is 0 Å². The molecular formula is C12H14N4O. The molecule has 2 aromatic rings. The van der Waals surface area contributed by atoms with Crippen molar-refractivity contribution in [2.75, 3.05) is 6.54 Å². The van der Waals surface area contributed by atoms with Crippen molar-refractivity contribution in [1.29, 1.82) is 0 Å². The third-order valence-electron chi connectivity index (χ3n) is 3.07. The van der Waals surface area contributed by atoms with Crippen molar-refractivity contribution in [1.82, 2.24) is 15.3 Å². The average molecular weight is 230 g/mol. The Bertz CT molecular complexity index is 517. The maximum Gasteiger partial charge on any atom is 0.189 e. The van der Waals surface area contributed by atoms with Crippen LogP contribution in [0.4, 0.5) is 0 Å². The Morgan fingerprint density at radius 3 is 3.18 bits per heavy atom. The maximum atomic E-state index is 11.2. The van der Waals surface area contributed by atoms with Crippen LogP contribution in [0.15, 0.2) is 30.7 Å². The van der Waals surface area contributed by atoms with Crippen LogP contribution >= 0.6 is 0 Å². The van der Waals surface area contributed by atoms with E-state index in [1.165, 1.54) is 12.6 Å². The van der Waals surface area contributed by atoms with Gasteiger partial charge in [-0.25, -0.2) is 4.98 Å². The lowest BCUT2D eigenvalue weighted by molar-refractivity contribution is -0.604. The Hall–Kier alpha value is -1.88. The van der Waals surface area contributed by atoms with Crippen LogP contribution in [0.5, 0.6) is 0 Å². The zero-order valence-electron chi connectivity index (χ0n) is 9.39. The highest BCUT2D eigenvalue weighted by atomic mass is 16.5. The molecule has 0 spiro atoms. The van der Waals surface area contributed by atoms with Gasteiger partial charge in [0.1, 0.15) is 5.82 Å². The van der Waals surface area contributed by atoms with E-state index in [0.717, 1.165) is 34.8 Å². The van der Waals surface area contributed by atoms with E-state index in [1.54, 1.807) is 18.5 Å². The largest absolute Gasteiger partial charge is 0.619 e. The number of hydrogen-bond donors (Lipinski definition) is 2. The minimum atomic E-state index is 0.326. The number of nitrogens with one attached hydrogen (secondary N) is 2. The fourth-order valence-corrected chi connectivity index (χ4v) is 2.19. The Balaban J connectivity index is 1.89. The summed E-state index contributed by atoms with van der Waals surface area (Å²) in [5.74, 6) is 0.957. The lowest BCUT2D eigenvalue weighted by Gasteiger charge is -2.05. The molecule has 3 rings (SSSR count). The summed E-state index contributed by atoms with van der Waals surface area (Å²) in [4.78, 5) is 7.65. The molecule has 0 aromatic carbocycles. The molecule has 1 aliphatic rings. The fraction of sp³-hybridized carbons (Fsp3) is 0.333. The molecule has 2 N–H and O–H groups in total. The molecule has 1 aliphatic heterocycles. The van der Waals surface area contributed by atoms with Crippen LogP contribution in [0, 0.1) is 5.21 Å². The molecule has 17 heavy (non-hydrogen) atoms. The lowest BCUT2D eigenvalue weighted by Crippen LogP contribution is -2.23. The van der Waals surface area contributed by atoms with E-state index in [4.69, 9.17) is 0 Å². The predicted octanol–water partition coefficient (Wildman–Crippen LogP) is 1.13. The van der Waals surface area contributed by atoms with Gasteiger partial charge in [-0.1, -0.05) is 0 Å². The number of nitrogens with zero attached hydrogens (tertiary/aromatic N) is 2. The first-order chi connectivity index (χ1) is 8.33. The van der Waals surface area contributed by atoms with E-state index in [1.807, 2.05) is 6.07 Å². The number of hydrogen-bond acceptors (Lipinski definition) is 3. The zero-order valence-corrected chi connectivity index (χ0v) is 9.39. The first-order valence-corrected chi connectivity index (χ1v) is 5.80. The second kappa shape index (κ2) is 4.18. The molecule has 2 aromatic heterocycles. The Morgan fingerprint density at radius 1 is 1.47 bits per heavy atom. The second-order valence-corrected chi connectivity index (χ2v) is 4.28. The summed E-state index contributed by atoms with van der Waals surface area (Å²) in [6.45, 7) is 1.05. The highest BCUT2D eigenvalue weighted by molar-refractivity contribution is 5.56. The van der Waals surface area contributed by atoms with Crippen molar-refractivity contribution in [3.63, 3.8) is 0 Å². The fourth-order valence-electron chi connectivity index (χ4n) is 2.19. The second-order valence-electron chi connectivity index (χ2n) is 4.28. The average Bonchev–Trinajstić information content (AvgIpc) is 3.00. The van der Waals surface area contributed by atoms with Gasteiger partial charge in [0.2, 0.25) is 0 Å². The van der Waals surface area contributed by atoms with Gasteiger partial charge in [0.15, 0.2) is 12.4 Å². The number of pyridine rings is 1. The molecule has 5 heteroatoms. The van der Waals surface area contributed by atoms with Gasteiger partial charge >= 0.3 is 0 Å². The van der Waals surface area contributed by atoms with Gasteiger partial charge in [0.25, 0.3) is 0 Å². The molecule has 88 valence electrons. The number of aromatic nitrogens is 3. The normalized spacial score (nSPS) is 19.6. The summed E-state index contributed by atoms with van der Waals surface area (Å²) in [7, 11) is 0. The van der Waals surface area contributed by atoms with Gasteiger partial charge in [-0.3, -0.25) is 0 Å². The summed E-state index contributed by atoms with van der Waals surface area (Å²) >= 11 is 0. The van der Waals surface area contributed by atoms with E-state index in [-0.39, 0.29) is 0 Å². The number of imidazole rings is 1. The number of rotatable bonds is 2. The summed E-state index contributed by atoms with van der Waals surface area (Å²) in [6, 6.07) is 3.96. The predicted molar refractivity (Wildman–Crippen MR) is 63.0 cm³/mol. The molecule has 3 heterocycles. The number of H-pyrrole nitrogens is 1. The quantitative estimate of drug-likeness (QED) is 0.600. The Morgan fingerprint density at radius 2 is 2.41 bits per heavy atom. The molecule has 0 unspecified atom stereocenters. The minimum absolute atomic E-state index is 0.326. The first kappa shape index (κ1) is 10.3. The van der Waals surface area contributed by atoms with Crippen LogP contribution in [0.25, 0.3) is 11.3 Å². The molecule has 0 bridgehead atoms. The van der Waals surface area contributed by atoms with Crippen LogP contribution in [0.2, 0.25) is 0 Å². The maximum absolute atomic E-state index is 11.2. The molecular weight excluding hydrogens is 216 g/mol. The molecule has 5 nitrogen and oxygen atoms in total. The van der Waals surface area contributed by atoms with Gasteiger partial charge in [-0.2, -0.15) is 4.73 Å². The van der Waals surface area contributed by atoms with Gasteiger partial charge in [-0.05, 0) is 25.5 Å².